The summed E-state index contributed by atoms with van der Waals surface area (Å²) in [6.07, 6.45) is 0. The second-order valence-electron chi connectivity index (χ2n) is 5.94. The van der Waals surface area contributed by atoms with Crippen LogP contribution in [0.1, 0.15) is 12.5 Å². The highest BCUT2D eigenvalue weighted by Gasteiger charge is 2.17. The number of nitrogens with one attached hydrogen (secondary N) is 1. The Morgan fingerprint density at radius 1 is 1.15 bits per heavy atom. The summed E-state index contributed by atoms with van der Waals surface area (Å²) in [6.45, 7) is 3.88. The Labute approximate surface area is 164 Å². The third kappa shape index (κ3) is 6.18. The fourth-order valence-electron chi connectivity index (χ4n) is 2.46. The number of aryl methyl sites for hydroxylation is 1. The summed E-state index contributed by atoms with van der Waals surface area (Å²) >= 11 is 6.04. The molecule has 0 fully saturated rings. The van der Waals surface area contributed by atoms with Gasteiger partial charge in [0.2, 0.25) is 5.91 Å². The van der Waals surface area contributed by atoms with Gasteiger partial charge in [-0.2, -0.15) is 0 Å². The highest BCUT2D eigenvalue weighted by atomic mass is 35.5. The van der Waals surface area contributed by atoms with E-state index in [4.69, 9.17) is 21.1 Å². The molecule has 1 N–H and O–H groups in total. The predicted molar refractivity (Wildman–Crippen MR) is 106 cm³/mol. The van der Waals surface area contributed by atoms with Gasteiger partial charge in [0.05, 0.1) is 12.8 Å². The molecule has 2 rings (SSSR count). The first-order valence-electron chi connectivity index (χ1n) is 8.48. The lowest BCUT2D eigenvalue weighted by Gasteiger charge is -2.23. The van der Waals surface area contributed by atoms with Gasteiger partial charge in [-0.25, -0.2) is 0 Å². The number of benzene rings is 2. The van der Waals surface area contributed by atoms with Crippen LogP contribution in [0.25, 0.3) is 0 Å². The lowest BCUT2D eigenvalue weighted by Crippen LogP contribution is -2.39. The van der Waals surface area contributed by atoms with Gasteiger partial charge in [-0.15, -0.1) is 0 Å². The fourth-order valence-corrected chi connectivity index (χ4v) is 2.63. The van der Waals surface area contributed by atoms with Crippen molar-refractivity contribution in [2.75, 3.05) is 31.7 Å². The molecule has 0 aliphatic carbocycles. The highest BCUT2D eigenvalue weighted by Crippen LogP contribution is 2.31. The number of halogens is 1. The zero-order chi connectivity index (χ0) is 19.8. The summed E-state index contributed by atoms with van der Waals surface area (Å²) in [4.78, 5) is 25.5. The van der Waals surface area contributed by atoms with Gasteiger partial charge in [-0.3, -0.25) is 9.59 Å². The Hall–Kier alpha value is -2.73. The average molecular weight is 391 g/mol. The van der Waals surface area contributed by atoms with E-state index >= 15 is 0 Å². The molecule has 2 amide bonds. The van der Waals surface area contributed by atoms with Crippen LogP contribution in [-0.4, -0.2) is 38.6 Å². The molecule has 0 spiro atoms. The Morgan fingerprint density at radius 3 is 2.48 bits per heavy atom. The normalized spacial score (nSPS) is 10.2. The minimum absolute atomic E-state index is 0.0936. The summed E-state index contributed by atoms with van der Waals surface area (Å²) < 4.78 is 10.7. The molecular formula is C20H23ClN2O4. The second kappa shape index (κ2) is 9.83. The highest BCUT2D eigenvalue weighted by molar-refractivity contribution is 6.31. The number of methoxy groups -OCH3 is 1. The zero-order valence-corrected chi connectivity index (χ0v) is 16.4. The summed E-state index contributed by atoms with van der Waals surface area (Å²) in [5.74, 6) is 0.714. The van der Waals surface area contributed by atoms with Crippen molar-refractivity contribution in [3.63, 3.8) is 0 Å². The summed E-state index contributed by atoms with van der Waals surface area (Å²) in [7, 11) is 1.52. The molecule has 0 heterocycles. The van der Waals surface area contributed by atoms with Crippen LogP contribution >= 0.6 is 11.6 Å². The van der Waals surface area contributed by atoms with Gasteiger partial charge in [0, 0.05) is 25.0 Å². The molecule has 0 bridgehead atoms. The topological polar surface area (TPSA) is 67.9 Å². The van der Waals surface area contributed by atoms with E-state index in [1.807, 2.05) is 31.2 Å². The third-order valence-electron chi connectivity index (χ3n) is 3.86. The van der Waals surface area contributed by atoms with Gasteiger partial charge in [-0.05, 0) is 37.3 Å². The molecule has 2 aromatic carbocycles. The first kappa shape index (κ1) is 20.6. The number of hydrogen-bond donors (Lipinski definition) is 1. The number of rotatable bonds is 8. The molecule has 0 aliphatic heterocycles. The summed E-state index contributed by atoms with van der Waals surface area (Å²) in [5, 5.41) is 3.23. The van der Waals surface area contributed by atoms with Crippen LogP contribution in [0.3, 0.4) is 0 Å². The first-order chi connectivity index (χ1) is 12.9. The van der Waals surface area contributed by atoms with Crippen LogP contribution in [0, 0.1) is 6.92 Å². The standard InChI is InChI=1S/C20H23ClN2O4/c1-14-4-7-17(8-5-14)27-13-20(25)22-10-11-23(15(2)24)18-12-16(21)6-9-19(18)26-3/h4-9,12H,10-11,13H2,1-3H3,(H,22,25). The number of carbonyl (C=O) groups excluding carboxylic acids is 2. The van der Waals surface area contributed by atoms with Crippen LogP contribution in [0.4, 0.5) is 5.69 Å². The van der Waals surface area contributed by atoms with Crippen LogP contribution in [0.15, 0.2) is 42.5 Å². The minimum atomic E-state index is -0.267. The lowest BCUT2D eigenvalue weighted by atomic mass is 10.2. The molecule has 0 aliphatic rings. The number of carbonyl (C=O) groups is 2. The van der Waals surface area contributed by atoms with Gasteiger partial charge in [0.25, 0.3) is 5.91 Å². The van der Waals surface area contributed by atoms with Crippen molar-refractivity contribution in [3.05, 3.63) is 53.1 Å². The monoisotopic (exact) mass is 390 g/mol. The second-order valence-corrected chi connectivity index (χ2v) is 6.37. The molecule has 0 atom stereocenters. The van der Waals surface area contributed by atoms with E-state index in [0.717, 1.165) is 5.56 Å². The molecule has 0 unspecified atom stereocenters. The quantitative estimate of drug-likeness (QED) is 0.751. The van der Waals surface area contributed by atoms with E-state index in [9.17, 15) is 9.59 Å². The van der Waals surface area contributed by atoms with Crippen molar-refractivity contribution in [1.82, 2.24) is 5.32 Å². The molecule has 2 aromatic rings. The zero-order valence-electron chi connectivity index (χ0n) is 15.6. The Balaban J connectivity index is 1.89. The molecule has 0 saturated heterocycles. The van der Waals surface area contributed by atoms with Crippen molar-refractivity contribution < 1.29 is 19.1 Å². The largest absolute Gasteiger partial charge is 0.495 e. The van der Waals surface area contributed by atoms with Crippen LogP contribution < -0.4 is 19.7 Å². The molecular weight excluding hydrogens is 368 g/mol. The van der Waals surface area contributed by atoms with Crippen LogP contribution in [-0.2, 0) is 9.59 Å². The van der Waals surface area contributed by atoms with Gasteiger partial charge < -0.3 is 19.7 Å². The lowest BCUT2D eigenvalue weighted by molar-refractivity contribution is -0.123. The predicted octanol–water partition coefficient (Wildman–Crippen LogP) is 3.21. The van der Waals surface area contributed by atoms with E-state index in [0.29, 0.717) is 22.2 Å². The molecule has 6 nitrogen and oxygen atoms in total. The van der Waals surface area contributed by atoms with Crippen molar-refractivity contribution >= 4 is 29.1 Å². The van der Waals surface area contributed by atoms with Crippen molar-refractivity contribution in [2.45, 2.75) is 13.8 Å². The number of ether oxygens (including phenoxy) is 2. The number of anilines is 1. The molecule has 0 radical (unpaired) electrons. The fraction of sp³-hybridized carbons (Fsp3) is 0.300. The average Bonchev–Trinajstić information content (AvgIpc) is 2.64. The Morgan fingerprint density at radius 2 is 1.85 bits per heavy atom. The minimum Gasteiger partial charge on any atom is -0.495 e. The molecule has 7 heteroatoms. The van der Waals surface area contributed by atoms with E-state index in [1.165, 1.54) is 18.9 Å². The maximum Gasteiger partial charge on any atom is 0.258 e. The van der Waals surface area contributed by atoms with Crippen LogP contribution in [0.2, 0.25) is 5.02 Å². The van der Waals surface area contributed by atoms with Gasteiger partial charge in [0.15, 0.2) is 6.61 Å². The van der Waals surface area contributed by atoms with Crippen molar-refractivity contribution in [2.24, 2.45) is 0 Å². The van der Waals surface area contributed by atoms with E-state index in [-0.39, 0.29) is 31.5 Å². The maximum atomic E-state index is 12.0. The van der Waals surface area contributed by atoms with E-state index < -0.39 is 0 Å². The Kier molecular flexibility index (Phi) is 7.49. The van der Waals surface area contributed by atoms with Crippen LogP contribution in [0.5, 0.6) is 11.5 Å². The van der Waals surface area contributed by atoms with E-state index in [2.05, 4.69) is 5.32 Å². The number of hydrogen-bond acceptors (Lipinski definition) is 4. The van der Waals surface area contributed by atoms with Gasteiger partial charge in [0.1, 0.15) is 11.5 Å². The van der Waals surface area contributed by atoms with Gasteiger partial charge in [-0.1, -0.05) is 29.3 Å². The number of amides is 2. The molecule has 144 valence electrons. The first-order valence-corrected chi connectivity index (χ1v) is 8.86. The molecule has 0 aromatic heterocycles. The summed E-state index contributed by atoms with van der Waals surface area (Å²) in [5.41, 5.74) is 1.68. The van der Waals surface area contributed by atoms with Gasteiger partial charge >= 0.3 is 0 Å². The van der Waals surface area contributed by atoms with Crippen molar-refractivity contribution in [1.29, 1.82) is 0 Å². The SMILES string of the molecule is COc1ccc(Cl)cc1N(CCNC(=O)COc1ccc(C)cc1)C(C)=O. The maximum absolute atomic E-state index is 12.0. The molecule has 27 heavy (non-hydrogen) atoms. The van der Waals surface area contributed by atoms with Crippen molar-refractivity contribution in [3.8, 4) is 11.5 Å². The van der Waals surface area contributed by atoms with E-state index in [1.54, 1.807) is 18.2 Å². The Bertz CT molecular complexity index is 793. The number of nitrogens with zero attached hydrogens (tertiary/aromatic N) is 1. The third-order valence-corrected chi connectivity index (χ3v) is 4.10. The summed E-state index contributed by atoms with van der Waals surface area (Å²) in [6, 6.07) is 12.5. The molecule has 0 saturated carbocycles. The smallest absolute Gasteiger partial charge is 0.258 e.